The van der Waals surface area contributed by atoms with Crippen LogP contribution in [-0.4, -0.2) is 0 Å². The molecule has 1 aliphatic rings. The van der Waals surface area contributed by atoms with Crippen molar-refractivity contribution in [2.75, 3.05) is 0 Å². The van der Waals surface area contributed by atoms with Crippen molar-refractivity contribution in [2.45, 2.75) is 12.5 Å². The van der Waals surface area contributed by atoms with Crippen molar-refractivity contribution in [2.24, 2.45) is 5.73 Å². The molecule has 3 aromatic carbocycles. The van der Waals surface area contributed by atoms with E-state index in [-0.39, 0.29) is 5.92 Å². The Hall–Kier alpha value is -2.09. The molecule has 3 aromatic rings. The molecule has 1 nitrogen and oxygen atoms in total. The van der Waals surface area contributed by atoms with Gasteiger partial charge in [0.15, 0.2) is 0 Å². The van der Waals surface area contributed by atoms with Gasteiger partial charge in [-0.15, -0.1) is 0 Å². The number of benzene rings is 3. The summed E-state index contributed by atoms with van der Waals surface area (Å²) in [5.41, 5.74) is 13.3. The van der Waals surface area contributed by atoms with Gasteiger partial charge in [0.05, 0.1) is 0 Å². The second-order valence-electron chi connectivity index (χ2n) is 5.66. The smallest absolute Gasteiger partial charge is 0.0453 e. The summed E-state index contributed by atoms with van der Waals surface area (Å²) < 4.78 is 0. The zero-order chi connectivity index (χ0) is 15.1. The third-order valence-corrected chi connectivity index (χ3v) is 4.82. The molecule has 0 amide bonds. The number of nitrogens with two attached hydrogens (primary N) is 1. The summed E-state index contributed by atoms with van der Waals surface area (Å²) in [6.07, 6.45) is 0. The lowest BCUT2D eigenvalue weighted by atomic mass is 9.89. The van der Waals surface area contributed by atoms with Crippen LogP contribution in [0.1, 0.15) is 28.2 Å². The van der Waals surface area contributed by atoms with Crippen molar-refractivity contribution in [3.05, 3.63) is 94.0 Å². The van der Waals surface area contributed by atoms with Crippen molar-refractivity contribution in [1.82, 2.24) is 0 Å². The molecule has 0 aromatic heterocycles. The maximum absolute atomic E-state index is 6.38. The Morgan fingerprint density at radius 2 is 1.41 bits per heavy atom. The first-order valence-electron chi connectivity index (χ1n) is 7.46. The quantitative estimate of drug-likeness (QED) is 0.556. The van der Waals surface area contributed by atoms with Crippen LogP contribution in [0.5, 0.6) is 0 Å². The molecule has 0 atom stereocenters. The summed E-state index contributed by atoms with van der Waals surface area (Å²) in [5, 5.41) is 0.752. The van der Waals surface area contributed by atoms with Gasteiger partial charge in [0.2, 0.25) is 0 Å². The largest absolute Gasteiger partial charge is 0.326 e. The summed E-state index contributed by atoms with van der Waals surface area (Å²) in [6.45, 7) is 0.469. The standard InChI is InChI=1S/C20H16ClN/c21-19-11-13(9-10-14(19)12-22)20-17-7-3-1-5-15(17)16-6-2-4-8-18(16)20/h1-11,20H,12,22H2. The van der Waals surface area contributed by atoms with E-state index in [0.717, 1.165) is 10.6 Å². The summed E-state index contributed by atoms with van der Waals surface area (Å²) >= 11 is 6.38. The van der Waals surface area contributed by atoms with E-state index in [1.54, 1.807) is 0 Å². The summed E-state index contributed by atoms with van der Waals surface area (Å²) in [4.78, 5) is 0. The molecule has 108 valence electrons. The zero-order valence-electron chi connectivity index (χ0n) is 12.1. The first-order chi connectivity index (χ1) is 10.8. The van der Waals surface area contributed by atoms with Crippen molar-refractivity contribution < 1.29 is 0 Å². The van der Waals surface area contributed by atoms with Crippen LogP contribution in [0.3, 0.4) is 0 Å². The van der Waals surface area contributed by atoms with Crippen LogP contribution < -0.4 is 5.73 Å². The maximum Gasteiger partial charge on any atom is 0.0453 e. The van der Waals surface area contributed by atoms with Crippen molar-refractivity contribution in [3.63, 3.8) is 0 Å². The van der Waals surface area contributed by atoms with Crippen LogP contribution in [0.15, 0.2) is 66.7 Å². The molecule has 1 aliphatic carbocycles. The molecule has 22 heavy (non-hydrogen) atoms. The van der Waals surface area contributed by atoms with E-state index in [4.69, 9.17) is 17.3 Å². The molecular formula is C20H16ClN. The Balaban J connectivity index is 1.93. The predicted octanol–water partition coefficient (Wildman–Crippen LogP) is 4.96. The molecule has 0 saturated carbocycles. The van der Waals surface area contributed by atoms with Gasteiger partial charge in [0.25, 0.3) is 0 Å². The van der Waals surface area contributed by atoms with Crippen LogP contribution >= 0.6 is 11.6 Å². The minimum Gasteiger partial charge on any atom is -0.326 e. The van der Waals surface area contributed by atoms with E-state index in [2.05, 4.69) is 60.7 Å². The average molecular weight is 306 g/mol. The Morgan fingerprint density at radius 3 is 1.95 bits per heavy atom. The highest BCUT2D eigenvalue weighted by atomic mass is 35.5. The lowest BCUT2D eigenvalue weighted by Gasteiger charge is -2.15. The zero-order valence-corrected chi connectivity index (χ0v) is 12.8. The lowest BCUT2D eigenvalue weighted by molar-refractivity contribution is 1.00. The molecule has 0 fully saturated rings. The van der Waals surface area contributed by atoms with Crippen LogP contribution in [0.25, 0.3) is 11.1 Å². The highest BCUT2D eigenvalue weighted by Crippen LogP contribution is 2.48. The molecule has 0 saturated heterocycles. The van der Waals surface area contributed by atoms with Gasteiger partial charge in [0.1, 0.15) is 0 Å². The molecule has 0 unspecified atom stereocenters. The van der Waals surface area contributed by atoms with Gasteiger partial charge < -0.3 is 5.73 Å². The maximum atomic E-state index is 6.38. The second-order valence-corrected chi connectivity index (χ2v) is 6.07. The predicted molar refractivity (Wildman–Crippen MR) is 92.2 cm³/mol. The van der Waals surface area contributed by atoms with Crippen molar-refractivity contribution in [1.29, 1.82) is 0 Å². The number of fused-ring (bicyclic) bond motifs is 3. The van der Waals surface area contributed by atoms with Crippen LogP contribution in [0.2, 0.25) is 5.02 Å². The van der Waals surface area contributed by atoms with Gasteiger partial charge in [-0.1, -0.05) is 72.3 Å². The van der Waals surface area contributed by atoms with Crippen LogP contribution in [-0.2, 0) is 6.54 Å². The molecule has 2 heteroatoms. The molecule has 2 N–H and O–H groups in total. The van der Waals surface area contributed by atoms with Gasteiger partial charge >= 0.3 is 0 Å². The van der Waals surface area contributed by atoms with Crippen LogP contribution in [0.4, 0.5) is 0 Å². The van der Waals surface area contributed by atoms with Gasteiger partial charge in [-0.3, -0.25) is 0 Å². The van der Waals surface area contributed by atoms with Gasteiger partial charge in [-0.05, 0) is 39.4 Å². The topological polar surface area (TPSA) is 26.0 Å². The highest BCUT2D eigenvalue weighted by molar-refractivity contribution is 6.31. The fraction of sp³-hybridized carbons (Fsp3) is 0.100. The minimum atomic E-state index is 0.247. The molecule has 0 bridgehead atoms. The average Bonchev–Trinajstić information content (AvgIpc) is 2.89. The molecular weight excluding hydrogens is 290 g/mol. The van der Waals surface area contributed by atoms with E-state index >= 15 is 0 Å². The molecule has 0 radical (unpaired) electrons. The summed E-state index contributed by atoms with van der Waals surface area (Å²) in [7, 11) is 0. The summed E-state index contributed by atoms with van der Waals surface area (Å²) in [6, 6.07) is 23.5. The van der Waals surface area contributed by atoms with Crippen molar-refractivity contribution in [3.8, 4) is 11.1 Å². The lowest BCUT2D eigenvalue weighted by Crippen LogP contribution is -2.02. The van der Waals surface area contributed by atoms with E-state index in [1.807, 2.05) is 6.07 Å². The van der Waals surface area contributed by atoms with Gasteiger partial charge in [-0.25, -0.2) is 0 Å². The monoisotopic (exact) mass is 305 g/mol. The van der Waals surface area contributed by atoms with Gasteiger partial charge in [0, 0.05) is 17.5 Å². The Morgan fingerprint density at radius 1 is 0.818 bits per heavy atom. The third kappa shape index (κ3) is 1.98. The number of halogens is 1. The SMILES string of the molecule is NCc1ccc(C2c3ccccc3-c3ccccc32)cc1Cl. The Kier molecular flexibility index (Phi) is 3.25. The second kappa shape index (κ2) is 5.28. The number of hydrogen-bond acceptors (Lipinski definition) is 1. The van der Waals surface area contributed by atoms with E-state index in [9.17, 15) is 0 Å². The normalized spacial score (nSPS) is 13.0. The fourth-order valence-corrected chi connectivity index (χ4v) is 3.69. The number of rotatable bonds is 2. The van der Waals surface area contributed by atoms with E-state index in [0.29, 0.717) is 6.54 Å². The third-order valence-electron chi connectivity index (χ3n) is 4.46. The molecule has 0 heterocycles. The van der Waals surface area contributed by atoms with E-state index < -0.39 is 0 Å². The van der Waals surface area contributed by atoms with Gasteiger partial charge in [-0.2, -0.15) is 0 Å². The molecule has 0 spiro atoms. The van der Waals surface area contributed by atoms with Crippen LogP contribution in [0, 0.1) is 0 Å². The Bertz CT molecular complexity index is 808. The molecule has 4 rings (SSSR count). The van der Waals surface area contributed by atoms with Crippen molar-refractivity contribution >= 4 is 11.6 Å². The first kappa shape index (κ1) is 13.6. The molecule has 0 aliphatic heterocycles. The Labute approximate surface area is 135 Å². The summed E-state index contributed by atoms with van der Waals surface area (Å²) in [5.74, 6) is 0.247. The number of hydrogen-bond donors (Lipinski definition) is 1. The fourth-order valence-electron chi connectivity index (χ4n) is 3.42. The highest BCUT2D eigenvalue weighted by Gasteiger charge is 2.29. The van der Waals surface area contributed by atoms with E-state index in [1.165, 1.54) is 27.8 Å². The minimum absolute atomic E-state index is 0.247. The first-order valence-corrected chi connectivity index (χ1v) is 7.84.